The molecule has 0 aliphatic rings. The lowest BCUT2D eigenvalue weighted by atomic mass is 10.3. The maximum Gasteiger partial charge on any atom is 0.272 e. The highest BCUT2D eigenvalue weighted by Crippen LogP contribution is 2.17. The zero-order valence-electron chi connectivity index (χ0n) is 9.12. The van der Waals surface area contributed by atoms with Crippen LogP contribution in [0.3, 0.4) is 0 Å². The first-order chi connectivity index (χ1) is 7.69. The Morgan fingerprint density at radius 2 is 2.38 bits per heavy atom. The molecule has 4 nitrogen and oxygen atoms in total. The fraction of sp³-hybridized carbons (Fsp3) is 0.273. The van der Waals surface area contributed by atoms with E-state index in [1.165, 1.54) is 13.1 Å². The van der Waals surface area contributed by atoms with E-state index in [2.05, 4.69) is 10.3 Å². The lowest BCUT2D eigenvalue weighted by molar-refractivity contribution is 0.0960. The number of imidazole rings is 1. The predicted molar refractivity (Wildman–Crippen MR) is 57.9 cm³/mol. The number of halogens is 1. The normalized spacial score (nSPS) is 10.7. The minimum absolute atomic E-state index is 0.137. The summed E-state index contributed by atoms with van der Waals surface area (Å²) < 4.78 is 15.3. The van der Waals surface area contributed by atoms with Gasteiger partial charge >= 0.3 is 0 Å². The summed E-state index contributed by atoms with van der Waals surface area (Å²) in [5.41, 5.74) is 0.371. The summed E-state index contributed by atoms with van der Waals surface area (Å²) in [6.45, 7) is 1.91. The molecule has 1 N–H and O–H groups in total. The topological polar surface area (TPSA) is 46.4 Å². The van der Waals surface area contributed by atoms with Crippen LogP contribution in [0.25, 0.3) is 5.52 Å². The number of carbonyl (C=O) groups is 1. The Morgan fingerprint density at radius 3 is 3.00 bits per heavy atom. The summed E-state index contributed by atoms with van der Waals surface area (Å²) in [6, 6.07) is 2.92. The van der Waals surface area contributed by atoms with Gasteiger partial charge in [-0.3, -0.25) is 4.79 Å². The van der Waals surface area contributed by atoms with Crippen LogP contribution in [0.1, 0.15) is 23.2 Å². The van der Waals surface area contributed by atoms with Gasteiger partial charge in [0.1, 0.15) is 17.2 Å². The number of nitrogens with one attached hydrogen (secondary N) is 1. The molecule has 2 aromatic heterocycles. The molecule has 0 fully saturated rings. The van der Waals surface area contributed by atoms with Crippen LogP contribution in [0.15, 0.2) is 18.3 Å². The second-order valence-electron chi connectivity index (χ2n) is 3.38. The van der Waals surface area contributed by atoms with E-state index in [0.717, 1.165) is 0 Å². The number of amides is 1. The SMILES string of the molecule is CCc1nc(C(=O)NC)c2c(F)cccn12. The second-order valence-corrected chi connectivity index (χ2v) is 3.38. The Balaban J connectivity index is 2.79. The molecule has 0 bridgehead atoms. The Labute approximate surface area is 92.1 Å². The molecule has 2 aromatic rings. The summed E-state index contributed by atoms with van der Waals surface area (Å²) >= 11 is 0. The molecule has 0 radical (unpaired) electrons. The van der Waals surface area contributed by atoms with Gasteiger partial charge in [0, 0.05) is 19.7 Å². The number of aromatic nitrogens is 2. The Hall–Kier alpha value is -1.91. The van der Waals surface area contributed by atoms with Crippen LogP contribution in [0.4, 0.5) is 4.39 Å². The van der Waals surface area contributed by atoms with Crippen molar-refractivity contribution < 1.29 is 9.18 Å². The van der Waals surface area contributed by atoms with Gasteiger partial charge in [0.15, 0.2) is 5.69 Å². The van der Waals surface area contributed by atoms with Gasteiger partial charge in [-0.15, -0.1) is 0 Å². The molecule has 0 atom stereocenters. The first-order valence-corrected chi connectivity index (χ1v) is 5.06. The fourth-order valence-corrected chi connectivity index (χ4v) is 1.69. The number of rotatable bonds is 2. The third kappa shape index (κ3) is 1.44. The van der Waals surface area contributed by atoms with Gasteiger partial charge in [-0.2, -0.15) is 0 Å². The van der Waals surface area contributed by atoms with Crippen LogP contribution in [-0.2, 0) is 6.42 Å². The number of aryl methyl sites for hydroxylation is 1. The van der Waals surface area contributed by atoms with E-state index in [9.17, 15) is 9.18 Å². The maximum absolute atomic E-state index is 13.7. The van der Waals surface area contributed by atoms with Crippen molar-refractivity contribution in [1.29, 1.82) is 0 Å². The first-order valence-electron chi connectivity index (χ1n) is 5.06. The molecule has 0 unspecified atom stereocenters. The number of fused-ring (bicyclic) bond motifs is 1. The standard InChI is InChI=1S/C11H12FN3O/c1-3-8-14-9(11(16)13-2)10-7(12)5-4-6-15(8)10/h4-6H,3H2,1-2H3,(H,13,16). The van der Waals surface area contributed by atoms with Crippen molar-refractivity contribution in [3.05, 3.63) is 35.7 Å². The highest BCUT2D eigenvalue weighted by Gasteiger charge is 2.18. The Morgan fingerprint density at radius 1 is 1.62 bits per heavy atom. The molecule has 0 saturated carbocycles. The van der Waals surface area contributed by atoms with Crippen LogP contribution in [0, 0.1) is 5.82 Å². The summed E-state index contributed by atoms with van der Waals surface area (Å²) in [7, 11) is 1.50. The van der Waals surface area contributed by atoms with Crippen molar-refractivity contribution in [1.82, 2.24) is 14.7 Å². The molecular weight excluding hydrogens is 209 g/mol. The van der Waals surface area contributed by atoms with E-state index in [1.54, 1.807) is 16.7 Å². The van der Waals surface area contributed by atoms with E-state index < -0.39 is 5.82 Å². The largest absolute Gasteiger partial charge is 0.354 e. The molecule has 16 heavy (non-hydrogen) atoms. The molecule has 0 spiro atoms. The Kier molecular flexibility index (Phi) is 2.60. The van der Waals surface area contributed by atoms with Crippen molar-refractivity contribution in [2.75, 3.05) is 7.05 Å². The molecule has 0 aromatic carbocycles. The van der Waals surface area contributed by atoms with Crippen LogP contribution >= 0.6 is 0 Å². The zero-order chi connectivity index (χ0) is 11.7. The minimum Gasteiger partial charge on any atom is -0.354 e. The lowest BCUT2D eigenvalue weighted by Crippen LogP contribution is -2.18. The predicted octanol–water partition coefficient (Wildman–Crippen LogP) is 1.40. The van der Waals surface area contributed by atoms with Gasteiger partial charge in [-0.05, 0) is 12.1 Å². The van der Waals surface area contributed by atoms with Crippen LogP contribution < -0.4 is 5.32 Å². The van der Waals surface area contributed by atoms with Crippen molar-refractivity contribution >= 4 is 11.4 Å². The van der Waals surface area contributed by atoms with Crippen molar-refractivity contribution in [3.8, 4) is 0 Å². The molecule has 2 rings (SSSR count). The molecule has 1 amide bonds. The summed E-state index contributed by atoms with van der Waals surface area (Å²) in [5.74, 6) is -0.135. The molecular formula is C11H12FN3O. The maximum atomic E-state index is 13.7. The quantitative estimate of drug-likeness (QED) is 0.833. The molecule has 0 saturated heterocycles. The zero-order valence-corrected chi connectivity index (χ0v) is 9.12. The third-order valence-electron chi connectivity index (χ3n) is 2.45. The minimum atomic E-state index is -0.437. The van der Waals surface area contributed by atoms with Gasteiger partial charge in [-0.1, -0.05) is 6.92 Å². The number of hydrogen-bond donors (Lipinski definition) is 1. The molecule has 0 aliphatic heterocycles. The first kappa shape index (κ1) is 10.6. The fourth-order valence-electron chi connectivity index (χ4n) is 1.69. The lowest BCUT2D eigenvalue weighted by Gasteiger charge is -1.99. The van der Waals surface area contributed by atoms with Crippen molar-refractivity contribution in [2.24, 2.45) is 0 Å². The van der Waals surface area contributed by atoms with Gasteiger partial charge in [0.05, 0.1) is 0 Å². The molecule has 0 aliphatic carbocycles. The Bertz CT molecular complexity index is 547. The van der Waals surface area contributed by atoms with E-state index in [1.807, 2.05) is 6.92 Å². The summed E-state index contributed by atoms with van der Waals surface area (Å²) in [5, 5.41) is 2.46. The molecule has 2 heterocycles. The average Bonchev–Trinajstić information content (AvgIpc) is 2.68. The smallest absolute Gasteiger partial charge is 0.272 e. The van der Waals surface area contributed by atoms with Gasteiger partial charge in [-0.25, -0.2) is 9.37 Å². The van der Waals surface area contributed by atoms with Gasteiger partial charge in [0.2, 0.25) is 0 Å². The van der Waals surface area contributed by atoms with Crippen molar-refractivity contribution in [3.63, 3.8) is 0 Å². The molecule has 5 heteroatoms. The van der Waals surface area contributed by atoms with E-state index in [-0.39, 0.29) is 17.1 Å². The second kappa shape index (κ2) is 3.92. The monoisotopic (exact) mass is 221 g/mol. The van der Waals surface area contributed by atoms with E-state index >= 15 is 0 Å². The van der Waals surface area contributed by atoms with Gasteiger partial charge in [0.25, 0.3) is 5.91 Å². The summed E-state index contributed by atoms with van der Waals surface area (Å²) in [6.07, 6.45) is 2.35. The average molecular weight is 221 g/mol. The van der Waals surface area contributed by atoms with Crippen LogP contribution in [0.5, 0.6) is 0 Å². The molecule has 84 valence electrons. The number of hydrogen-bond acceptors (Lipinski definition) is 2. The van der Waals surface area contributed by atoms with Crippen molar-refractivity contribution in [2.45, 2.75) is 13.3 Å². The van der Waals surface area contributed by atoms with E-state index in [4.69, 9.17) is 0 Å². The van der Waals surface area contributed by atoms with E-state index in [0.29, 0.717) is 12.2 Å². The third-order valence-corrected chi connectivity index (χ3v) is 2.45. The highest BCUT2D eigenvalue weighted by atomic mass is 19.1. The number of carbonyl (C=O) groups excluding carboxylic acids is 1. The summed E-state index contributed by atoms with van der Waals surface area (Å²) in [4.78, 5) is 15.7. The number of nitrogens with zero attached hydrogens (tertiary/aromatic N) is 2. The van der Waals surface area contributed by atoms with Crippen LogP contribution in [-0.4, -0.2) is 22.3 Å². The number of pyridine rings is 1. The highest BCUT2D eigenvalue weighted by molar-refractivity contribution is 5.99. The van der Waals surface area contributed by atoms with Crippen LogP contribution in [0.2, 0.25) is 0 Å². The van der Waals surface area contributed by atoms with Gasteiger partial charge < -0.3 is 9.72 Å².